The van der Waals surface area contributed by atoms with Crippen molar-refractivity contribution in [1.82, 2.24) is 0 Å². The molecule has 0 rings (SSSR count). The number of rotatable bonds is 7. The fraction of sp³-hybridized carbons (Fsp3) is 0.909. The molecule has 0 aliphatic heterocycles. The Morgan fingerprint density at radius 1 is 1.40 bits per heavy atom. The lowest BCUT2D eigenvalue weighted by atomic mass is 10.0. The van der Waals surface area contributed by atoms with Crippen LogP contribution in [0.15, 0.2) is 0 Å². The smallest absolute Gasteiger partial charge is 0.338 e. The molecule has 0 aromatic heterocycles. The highest BCUT2D eigenvalue weighted by molar-refractivity contribution is 5.77. The van der Waals surface area contributed by atoms with Gasteiger partial charge >= 0.3 is 5.97 Å². The first-order chi connectivity index (χ1) is 6.81. The standard InChI is InChI=1S/C11H22O4/c1-8(2)6-9(3)15-11(4,7-14-5)10(12)13/h8-9H,6-7H2,1-5H3,(H,12,13). The molecular formula is C11H22O4. The summed E-state index contributed by atoms with van der Waals surface area (Å²) in [6.45, 7) is 7.64. The number of ether oxygens (including phenoxy) is 2. The van der Waals surface area contributed by atoms with Gasteiger partial charge in [-0.3, -0.25) is 0 Å². The maximum atomic E-state index is 11.0. The van der Waals surface area contributed by atoms with Crippen LogP contribution in [0.2, 0.25) is 0 Å². The van der Waals surface area contributed by atoms with Gasteiger partial charge in [-0.1, -0.05) is 13.8 Å². The molecule has 0 heterocycles. The second kappa shape index (κ2) is 6.08. The molecule has 2 unspecified atom stereocenters. The molecular weight excluding hydrogens is 196 g/mol. The van der Waals surface area contributed by atoms with Crippen molar-refractivity contribution < 1.29 is 19.4 Å². The van der Waals surface area contributed by atoms with Crippen LogP contribution >= 0.6 is 0 Å². The van der Waals surface area contributed by atoms with E-state index in [4.69, 9.17) is 14.6 Å². The van der Waals surface area contributed by atoms with Crippen molar-refractivity contribution >= 4 is 5.97 Å². The fourth-order valence-electron chi connectivity index (χ4n) is 1.58. The second-order valence-electron chi connectivity index (χ2n) is 4.53. The highest BCUT2D eigenvalue weighted by Gasteiger charge is 2.36. The van der Waals surface area contributed by atoms with Gasteiger partial charge in [0.2, 0.25) is 0 Å². The lowest BCUT2D eigenvalue weighted by Crippen LogP contribution is -2.45. The molecule has 0 fully saturated rings. The summed E-state index contributed by atoms with van der Waals surface area (Å²) in [5, 5.41) is 9.04. The third kappa shape index (κ3) is 5.14. The minimum absolute atomic E-state index is 0.0603. The molecule has 0 saturated carbocycles. The van der Waals surface area contributed by atoms with Crippen LogP contribution in [0.1, 0.15) is 34.1 Å². The van der Waals surface area contributed by atoms with E-state index in [0.29, 0.717) is 5.92 Å². The van der Waals surface area contributed by atoms with E-state index in [-0.39, 0.29) is 12.7 Å². The third-order valence-electron chi connectivity index (χ3n) is 2.14. The molecule has 0 spiro atoms. The van der Waals surface area contributed by atoms with Gasteiger partial charge in [0, 0.05) is 7.11 Å². The molecule has 4 heteroatoms. The third-order valence-corrected chi connectivity index (χ3v) is 2.14. The second-order valence-corrected chi connectivity index (χ2v) is 4.53. The summed E-state index contributed by atoms with van der Waals surface area (Å²) in [6.07, 6.45) is 0.758. The Labute approximate surface area is 91.6 Å². The summed E-state index contributed by atoms with van der Waals surface area (Å²) in [6, 6.07) is 0. The van der Waals surface area contributed by atoms with E-state index in [0.717, 1.165) is 6.42 Å². The predicted molar refractivity (Wildman–Crippen MR) is 57.9 cm³/mol. The van der Waals surface area contributed by atoms with Gasteiger partial charge in [0.1, 0.15) is 0 Å². The van der Waals surface area contributed by atoms with Crippen LogP contribution in [0.4, 0.5) is 0 Å². The molecule has 0 aliphatic rings. The van der Waals surface area contributed by atoms with Crippen molar-refractivity contribution in [2.45, 2.75) is 45.8 Å². The highest BCUT2D eigenvalue weighted by atomic mass is 16.6. The van der Waals surface area contributed by atoms with Crippen molar-refractivity contribution in [2.75, 3.05) is 13.7 Å². The van der Waals surface area contributed by atoms with Gasteiger partial charge in [-0.15, -0.1) is 0 Å². The monoisotopic (exact) mass is 218 g/mol. The summed E-state index contributed by atoms with van der Waals surface area (Å²) in [5.74, 6) is -0.499. The average molecular weight is 218 g/mol. The zero-order chi connectivity index (χ0) is 12.1. The lowest BCUT2D eigenvalue weighted by Gasteiger charge is -2.29. The molecule has 15 heavy (non-hydrogen) atoms. The van der Waals surface area contributed by atoms with E-state index in [2.05, 4.69) is 13.8 Å². The zero-order valence-electron chi connectivity index (χ0n) is 10.2. The Hall–Kier alpha value is -0.610. The van der Waals surface area contributed by atoms with Crippen molar-refractivity contribution in [1.29, 1.82) is 0 Å². The molecule has 4 nitrogen and oxygen atoms in total. The van der Waals surface area contributed by atoms with Crippen LogP contribution in [-0.2, 0) is 14.3 Å². The van der Waals surface area contributed by atoms with Gasteiger partial charge in [-0.2, -0.15) is 0 Å². The van der Waals surface area contributed by atoms with Gasteiger partial charge in [-0.05, 0) is 26.2 Å². The van der Waals surface area contributed by atoms with Gasteiger partial charge < -0.3 is 14.6 Å². The summed E-state index contributed by atoms with van der Waals surface area (Å²) < 4.78 is 10.4. The van der Waals surface area contributed by atoms with E-state index in [9.17, 15) is 4.79 Å². The minimum atomic E-state index is -1.25. The molecule has 0 aromatic rings. The maximum Gasteiger partial charge on any atom is 0.338 e. The molecule has 0 radical (unpaired) electrons. The number of carboxylic acid groups (broad SMARTS) is 1. The first-order valence-electron chi connectivity index (χ1n) is 5.22. The molecule has 0 saturated heterocycles. The molecule has 1 N–H and O–H groups in total. The van der Waals surface area contributed by atoms with E-state index < -0.39 is 11.6 Å². The lowest BCUT2D eigenvalue weighted by molar-refractivity contribution is -0.179. The summed E-state index contributed by atoms with van der Waals surface area (Å²) in [7, 11) is 1.47. The molecule has 0 aliphatic carbocycles. The van der Waals surface area contributed by atoms with E-state index in [1.54, 1.807) is 0 Å². The summed E-state index contributed by atoms with van der Waals surface area (Å²) in [4.78, 5) is 11.0. The molecule has 0 amide bonds. The SMILES string of the molecule is COCC(C)(OC(C)CC(C)C)C(=O)O. The highest BCUT2D eigenvalue weighted by Crippen LogP contribution is 2.18. The average Bonchev–Trinajstić information content (AvgIpc) is 2.01. The van der Waals surface area contributed by atoms with Crippen molar-refractivity contribution in [3.63, 3.8) is 0 Å². The zero-order valence-corrected chi connectivity index (χ0v) is 10.2. The number of carboxylic acids is 1. The maximum absolute atomic E-state index is 11.0. The Morgan fingerprint density at radius 2 is 1.93 bits per heavy atom. The normalized spacial score (nSPS) is 17.5. The molecule has 0 bridgehead atoms. The Kier molecular flexibility index (Phi) is 5.83. The van der Waals surface area contributed by atoms with Crippen LogP contribution in [0.3, 0.4) is 0 Å². The Morgan fingerprint density at radius 3 is 2.27 bits per heavy atom. The number of carbonyl (C=O) groups is 1. The van der Waals surface area contributed by atoms with E-state index >= 15 is 0 Å². The quantitative estimate of drug-likeness (QED) is 0.709. The largest absolute Gasteiger partial charge is 0.479 e. The Balaban J connectivity index is 4.34. The van der Waals surface area contributed by atoms with Gasteiger partial charge in [0.25, 0.3) is 0 Å². The first-order valence-corrected chi connectivity index (χ1v) is 5.22. The van der Waals surface area contributed by atoms with Gasteiger partial charge in [0.15, 0.2) is 5.60 Å². The number of aliphatic carboxylic acids is 1. The van der Waals surface area contributed by atoms with Crippen LogP contribution in [0.25, 0.3) is 0 Å². The molecule has 0 aromatic carbocycles. The predicted octanol–water partition coefficient (Wildman–Crippen LogP) is 1.93. The van der Waals surface area contributed by atoms with Crippen molar-refractivity contribution in [2.24, 2.45) is 5.92 Å². The van der Waals surface area contributed by atoms with Crippen LogP contribution in [0, 0.1) is 5.92 Å². The van der Waals surface area contributed by atoms with Crippen LogP contribution in [-0.4, -0.2) is 36.5 Å². The first kappa shape index (κ1) is 14.4. The number of methoxy groups -OCH3 is 1. The number of hydrogen-bond acceptors (Lipinski definition) is 3. The number of hydrogen-bond donors (Lipinski definition) is 1. The van der Waals surface area contributed by atoms with Crippen LogP contribution < -0.4 is 0 Å². The minimum Gasteiger partial charge on any atom is -0.479 e. The summed E-state index contributed by atoms with van der Waals surface area (Å²) >= 11 is 0. The van der Waals surface area contributed by atoms with E-state index in [1.807, 2.05) is 6.92 Å². The van der Waals surface area contributed by atoms with Crippen molar-refractivity contribution in [3.8, 4) is 0 Å². The van der Waals surface area contributed by atoms with Crippen molar-refractivity contribution in [3.05, 3.63) is 0 Å². The fourth-order valence-corrected chi connectivity index (χ4v) is 1.58. The van der Waals surface area contributed by atoms with E-state index in [1.165, 1.54) is 14.0 Å². The molecule has 90 valence electrons. The van der Waals surface area contributed by atoms with Gasteiger partial charge in [-0.25, -0.2) is 4.79 Å². The Bertz CT molecular complexity index is 203. The topological polar surface area (TPSA) is 55.8 Å². The van der Waals surface area contributed by atoms with Crippen LogP contribution in [0.5, 0.6) is 0 Å². The summed E-state index contributed by atoms with van der Waals surface area (Å²) in [5.41, 5.74) is -1.25. The van der Waals surface area contributed by atoms with Gasteiger partial charge in [0.05, 0.1) is 12.7 Å². The molecule has 2 atom stereocenters.